The number of hydrogen-bond donors (Lipinski definition) is 4. The van der Waals surface area contributed by atoms with E-state index in [1.807, 2.05) is 13.8 Å². The van der Waals surface area contributed by atoms with Gasteiger partial charge in [0.25, 0.3) is 0 Å². The van der Waals surface area contributed by atoms with Gasteiger partial charge in [-0.25, -0.2) is 0 Å². The maximum Gasteiger partial charge on any atom is 0.226 e. The molecule has 0 saturated heterocycles. The third kappa shape index (κ3) is 4.55. The molecule has 1 atom stereocenters. The van der Waals surface area contributed by atoms with E-state index in [1.165, 1.54) is 0 Å². The average Bonchev–Trinajstić information content (AvgIpc) is 2.15. The number of nitrogens with one attached hydrogen (secondary N) is 2. The highest BCUT2D eigenvalue weighted by atomic mass is 16.3. The first-order chi connectivity index (χ1) is 6.44. The van der Waals surface area contributed by atoms with Crippen molar-refractivity contribution in [3.8, 4) is 0 Å². The van der Waals surface area contributed by atoms with Gasteiger partial charge in [0, 0.05) is 20.1 Å². The molecule has 0 aliphatic heterocycles. The molecule has 0 spiro atoms. The van der Waals surface area contributed by atoms with Gasteiger partial charge in [-0.2, -0.15) is 0 Å². The molecule has 0 rings (SSSR count). The fourth-order valence-corrected chi connectivity index (χ4v) is 1.03. The normalized spacial score (nSPS) is 13.8. The topological polar surface area (TPSA) is 81.6 Å². The molecular weight excluding hydrogens is 184 g/mol. The summed E-state index contributed by atoms with van der Waals surface area (Å²) >= 11 is 0. The van der Waals surface area contributed by atoms with Crippen molar-refractivity contribution in [2.75, 3.05) is 26.7 Å². The molecule has 1 amide bonds. The first kappa shape index (κ1) is 13.4. The molecule has 0 aliphatic carbocycles. The Balaban J connectivity index is 3.82. The molecule has 14 heavy (non-hydrogen) atoms. The predicted octanol–water partition coefficient (Wildman–Crippen LogP) is -1.30. The predicted molar refractivity (Wildman–Crippen MR) is 53.8 cm³/mol. The molecule has 0 aliphatic rings. The molecule has 84 valence electrons. The molecule has 0 bridgehead atoms. The van der Waals surface area contributed by atoms with E-state index in [0.717, 1.165) is 0 Å². The minimum absolute atomic E-state index is 0.0523. The smallest absolute Gasteiger partial charge is 0.226 e. The van der Waals surface area contributed by atoms with Gasteiger partial charge in [0.15, 0.2) is 0 Å². The van der Waals surface area contributed by atoms with Crippen LogP contribution in [0.5, 0.6) is 0 Å². The molecule has 0 aromatic rings. The van der Waals surface area contributed by atoms with Gasteiger partial charge in [-0.3, -0.25) is 4.79 Å². The van der Waals surface area contributed by atoms with Crippen molar-refractivity contribution in [3.05, 3.63) is 0 Å². The Morgan fingerprint density at radius 1 is 1.50 bits per heavy atom. The van der Waals surface area contributed by atoms with Crippen LogP contribution < -0.4 is 10.6 Å². The second-order valence-electron chi connectivity index (χ2n) is 3.93. The van der Waals surface area contributed by atoms with Crippen LogP contribution in [0.3, 0.4) is 0 Å². The molecule has 1 unspecified atom stereocenters. The number of rotatable bonds is 6. The summed E-state index contributed by atoms with van der Waals surface area (Å²) in [6.07, 6.45) is -0.768. The summed E-state index contributed by atoms with van der Waals surface area (Å²) in [5.74, 6) is -0.0523. The summed E-state index contributed by atoms with van der Waals surface area (Å²) in [6.45, 7) is 4.10. The lowest BCUT2D eigenvalue weighted by atomic mass is 9.92. The van der Waals surface area contributed by atoms with Crippen molar-refractivity contribution in [2.45, 2.75) is 20.0 Å². The van der Waals surface area contributed by atoms with Crippen LogP contribution in [-0.4, -0.2) is 49.0 Å². The summed E-state index contributed by atoms with van der Waals surface area (Å²) in [5, 5.41) is 23.1. The van der Waals surface area contributed by atoms with Crippen LogP contribution in [0.2, 0.25) is 0 Å². The van der Waals surface area contributed by atoms with Crippen LogP contribution in [0.4, 0.5) is 0 Å². The third-order valence-electron chi connectivity index (χ3n) is 2.00. The van der Waals surface area contributed by atoms with Gasteiger partial charge in [-0.15, -0.1) is 0 Å². The van der Waals surface area contributed by atoms with E-state index >= 15 is 0 Å². The maximum atomic E-state index is 11.3. The van der Waals surface area contributed by atoms with Crippen molar-refractivity contribution < 1.29 is 15.0 Å². The Morgan fingerprint density at radius 2 is 2.07 bits per heavy atom. The summed E-state index contributed by atoms with van der Waals surface area (Å²) in [7, 11) is 1.59. The van der Waals surface area contributed by atoms with Crippen LogP contribution >= 0.6 is 0 Å². The van der Waals surface area contributed by atoms with Crippen molar-refractivity contribution in [1.82, 2.24) is 10.6 Å². The Kier molecular flexibility index (Phi) is 5.68. The second-order valence-corrected chi connectivity index (χ2v) is 3.93. The van der Waals surface area contributed by atoms with E-state index in [-0.39, 0.29) is 19.1 Å². The molecular formula is C9H20N2O3. The lowest BCUT2D eigenvalue weighted by Gasteiger charge is -2.23. The Hall–Kier alpha value is -0.650. The highest BCUT2D eigenvalue weighted by molar-refractivity contribution is 5.81. The first-order valence-electron chi connectivity index (χ1n) is 4.66. The van der Waals surface area contributed by atoms with E-state index in [2.05, 4.69) is 10.6 Å². The van der Waals surface area contributed by atoms with Crippen molar-refractivity contribution >= 4 is 5.91 Å². The summed E-state index contributed by atoms with van der Waals surface area (Å²) in [4.78, 5) is 11.3. The molecule has 0 aromatic carbocycles. The van der Waals surface area contributed by atoms with E-state index < -0.39 is 11.5 Å². The lowest BCUT2D eigenvalue weighted by Crippen LogP contribution is -2.44. The van der Waals surface area contributed by atoms with Crippen LogP contribution in [0, 0.1) is 5.41 Å². The van der Waals surface area contributed by atoms with E-state index in [1.54, 1.807) is 7.05 Å². The fraction of sp³-hybridized carbons (Fsp3) is 0.889. The van der Waals surface area contributed by atoms with Gasteiger partial charge in [-0.1, -0.05) is 0 Å². The number of carbonyl (C=O) groups excluding carboxylic acids is 1. The summed E-state index contributed by atoms with van der Waals surface area (Å²) in [6, 6.07) is 0. The van der Waals surface area contributed by atoms with Gasteiger partial charge in [0.1, 0.15) is 0 Å². The number of aliphatic hydroxyl groups excluding tert-OH is 2. The number of carbonyl (C=O) groups is 1. The van der Waals surface area contributed by atoms with Gasteiger partial charge < -0.3 is 20.8 Å². The van der Waals surface area contributed by atoms with Crippen molar-refractivity contribution in [1.29, 1.82) is 0 Å². The Bertz CT molecular complexity index is 183. The zero-order valence-corrected chi connectivity index (χ0v) is 9.00. The minimum atomic E-state index is -0.768. The largest absolute Gasteiger partial charge is 0.394 e. The third-order valence-corrected chi connectivity index (χ3v) is 2.00. The quantitative estimate of drug-likeness (QED) is 0.433. The molecule has 0 fully saturated rings. The molecule has 4 N–H and O–H groups in total. The number of aliphatic hydroxyl groups is 2. The second kappa shape index (κ2) is 5.95. The molecule has 5 heteroatoms. The highest BCUT2D eigenvalue weighted by Crippen LogP contribution is 2.12. The standard InChI is InChI=1S/C9H20N2O3/c1-9(2,8(14)10-3)6-11-4-7(13)5-12/h7,11-13H,4-6H2,1-3H3,(H,10,14). The number of hydrogen-bond acceptors (Lipinski definition) is 4. The Morgan fingerprint density at radius 3 is 2.50 bits per heavy atom. The Labute approximate surface area is 84.5 Å². The van der Waals surface area contributed by atoms with E-state index in [4.69, 9.17) is 10.2 Å². The molecule has 0 aromatic heterocycles. The molecule has 0 heterocycles. The average molecular weight is 204 g/mol. The molecule has 0 radical (unpaired) electrons. The van der Waals surface area contributed by atoms with E-state index in [0.29, 0.717) is 6.54 Å². The van der Waals surface area contributed by atoms with Gasteiger partial charge in [0.05, 0.1) is 18.1 Å². The fourth-order valence-electron chi connectivity index (χ4n) is 1.03. The zero-order chi connectivity index (χ0) is 11.2. The van der Waals surface area contributed by atoms with E-state index in [9.17, 15) is 4.79 Å². The first-order valence-corrected chi connectivity index (χ1v) is 4.66. The maximum absolute atomic E-state index is 11.3. The SMILES string of the molecule is CNC(=O)C(C)(C)CNCC(O)CO. The van der Waals surface area contributed by atoms with Gasteiger partial charge >= 0.3 is 0 Å². The van der Waals surface area contributed by atoms with Crippen molar-refractivity contribution in [3.63, 3.8) is 0 Å². The summed E-state index contributed by atoms with van der Waals surface area (Å²) < 4.78 is 0. The minimum Gasteiger partial charge on any atom is -0.394 e. The lowest BCUT2D eigenvalue weighted by molar-refractivity contribution is -0.128. The van der Waals surface area contributed by atoms with Gasteiger partial charge in [-0.05, 0) is 13.8 Å². The van der Waals surface area contributed by atoms with Crippen LogP contribution in [-0.2, 0) is 4.79 Å². The highest BCUT2D eigenvalue weighted by Gasteiger charge is 2.25. The monoisotopic (exact) mass is 204 g/mol. The van der Waals surface area contributed by atoms with Crippen LogP contribution in [0.25, 0.3) is 0 Å². The van der Waals surface area contributed by atoms with Crippen molar-refractivity contribution in [2.24, 2.45) is 5.41 Å². The molecule has 5 nitrogen and oxygen atoms in total. The van der Waals surface area contributed by atoms with Crippen LogP contribution in [0.1, 0.15) is 13.8 Å². The zero-order valence-electron chi connectivity index (χ0n) is 9.00. The summed E-state index contributed by atoms with van der Waals surface area (Å²) in [5.41, 5.74) is -0.510. The molecule has 0 saturated carbocycles. The van der Waals surface area contributed by atoms with Gasteiger partial charge in [0.2, 0.25) is 5.91 Å². The van der Waals surface area contributed by atoms with Crippen LogP contribution in [0.15, 0.2) is 0 Å². The number of amides is 1.